The van der Waals surface area contributed by atoms with Gasteiger partial charge in [0.05, 0.1) is 16.6 Å². The van der Waals surface area contributed by atoms with Gasteiger partial charge in [-0.05, 0) is 64.7 Å². The van der Waals surface area contributed by atoms with Crippen molar-refractivity contribution in [2.24, 2.45) is 0 Å². The van der Waals surface area contributed by atoms with Gasteiger partial charge in [0.1, 0.15) is 0 Å². The smallest absolute Gasteiger partial charge is 0.238 e. The lowest BCUT2D eigenvalue weighted by Crippen LogP contribution is -2.06. The maximum atomic E-state index is 5.23. The van der Waals surface area contributed by atoms with Gasteiger partial charge in [0.25, 0.3) is 0 Å². The lowest BCUT2D eigenvalue weighted by Gasteiger charge is -2.12. The van der Waals surface area contributed by atoms with Crippen molar-refractivity contribution >= 4 is 53.4 Å². The normalized spacial score (nSPS) is 11.6. The highest BCUT2D eigenvalue weighted by molar-refractivity contribution is 7.25. The van der Waals surface area contributed by atoms with E-state index in [-0.39, 0.29) is 0 Å². The highest BCUT2D eigenvalue weighted by atomic mass is 32.1. The summed E-state index contributed by atoms with van der Waals surface area (Å²) in [6.45, 7) is 0. The Kier molecular flexibility index (Phi) is 6.60. The number of aromatic nitrogens is 5. The fourth-order valence-electron chi connectivity index (χ4n) is 6.93. The third-order valence-corrected chi connectivity index (χ3v) is 10.4. The molecule has 5 nitrogen and oxygen atoms in total. The molecule has 4 heterocycles. The van der Waals surface area contributed by atoms with Crippen LogP contribution in [-0.2, 0) is 0 Å². The summed E-state index contributed by atoms with van der Waals surface area (Å²) >= 11 is 1.80. The van der Waals surface area contributed by atoms with E-state index < -0.39 is 0 Å². The van der Waals surface area contributed by atoms with Crippen LogP contribution in [-0.4, -0.2) is 24.5 Å². The first-order valence-electron chi connectivity index (χ1n) is 16.6. The maximum absolute atomic E-state index is 5.23. The predicted molar refractivity (Wildman–Crippen MR) is 207 cm³/mol. The first-order valence-corrected chi connectivity index (χ1v) is 17.4. The van der Waals surface area contributed by atoms with Gasteiger partial charge in [0.2, 0.25) is 5.95 Å². The van der Waals surface area contributed by atoms with Crippen molar-refractivity contribution in [2.75, 3.05) is 0 Å². The SMILES string of the molecule is c1ccc(-c2cccc(-c3nc(-c4cccc(-c5ccccc5)c4)nc(-n4c5cc6sc7ccccc7c6cc5c5ncccc54)n3)c2)cc1. The van der Waals surface area contributed by atoms with Gasteiger partial charge in [-0.1, -0.05) is 115 Å². The number of hydrogen-bond donors (Lipinski definition) is 0. The van der Waals surface area contributed by atoms with Crippen LogP contribution >= 0.6 is 11.3 Å². The molecule has 0 fully saturated rings. The molecule has 0 aliphatic carbocycles. The molecule has 0 atom stereocenters. The second-order valence-corrected chi connectivity index (χ2v) is 13.4. The van der Waals surface area contributed by atoms with Crippen LogP contribution in [0.2, 0.25) is 0 Å². The quantitative estimate of drug-likeness (QED) is 0.185. The molecule has 0 N–H and O–H groups in total. The Labute approximate surface area is 291 Å². The van der Waals surface area contributed by atoms with E-state index in [1.165, 1.54) is 20.2 Å². The second kappa shape index (κ2) is 11.6. The van der Waals surface area contributed by atoms with Gasteiger partial charge >= 0.3 is 0 Å². The van der Waals surface area contributed by atoms with E-state index in [2.05, 4.69) is 144 Å². The van der Waals surface area contributed by atoms with Crippen LogP contribution in [0, 0.1) is 0 Å². The topological polar surface area (TPSA) is 56.5 Å². The lowest BCUT2D eigenvalue weighted by molar-refractivity contribution is 0.953. The molecule has 234 valence electrons. The molecule has 0 saturated heterocycles. The molecule has 0 aliphatic heterocycles. The van der Waals surface area contributed by atoms with Gasteiger partial charge in [-0.3, -0.25) is 9.55 Å². The number of thiophene rings is 1. The Morgan fingerprint density at radius 1 is 0.400 bits per heavy atom. The fourth-order valence-corrected chi connectivity index (χ4v) is 8.05. The van der Waals surface area contributed by atoms with Crippen LogP contribution in [0.15, 0.2) is 164 Å². The predicted octanol–water partition coefficient (Wildman–Crippen LogP) is 11.4. The minimum Gasteiger partial charge on any atom is -0.276 e. The van der Waals surface area contributed by atoms with E-state index in [9.17, 15) is 0 Å². The Hall–Kier alpha value is -6.50. The summed E-state index contributed by atoms with van der Waals surface area (Å²) in [5.74, 6) is 1.76. The van der Waals surface area contributed by atoms with Crippen LogP contribution < -0.4 is 0 Å². The van der Waals surface area contributed by atoms with Crippen molar-refractivity contribution in [3.8, 4) is 51.0 Å². The van der Waals surface area contributed by atoms with E-state index in [1.807, 2.05) is 24.4 Å². The fraction of sp³-hybridized carbons (Fsp3) is 0. The number of benzene rings is 6. The molecule has 0 radical (unpaired) electrons. The number of nitrogens with zero attached hydrogens (tertiary/aromatic N) is 5. The van der Waals surface area contributed by atoms with E-state index in [1.54, 1.807) is 11.3 Å². The monoisotopic (exact) mass is 657 g/mol. The molecule has 4 aromatic heterocycles. The first kappa shape index (κ1) is 28.5. The summed E-state index contributed by atoms with van der Waals surface area (Å²) in [6.07, 6.45) is 1.86. The summed E-state index contributed by atoms with van der Waals surface area (Å²) in [6, 6.07) is 54.9. The van der Waals surface area contributed by atoms with Gasteiger partial charge < -0.3 is 0 Å². The molecule has 10 rings (SSSR count). The average Bonchev–Trinajstić information content (AvgIpc) is 3.72. The highest BCUT2D eigenvalue weighted by Gasteiger charge is 2.20. The Balaban J connectivity index is 1.24. The van der Waals surface area contributed by atoms with Crippen molar-refractivity contribution in [2.45, 2.75) is 0 Å². The van der Waals surface area contributed by atoms with Gasteiger partial charge in [-0.15, -0.1) is 11.3 Å². The van der Waals surface area contributed by atoms with Crippen LogP contribution in [0.25, 0.3) is 93.1 Å². The zero-order chi connectivity index (χ0) is 33.0. The molecule has 6 aromatic carbocycles. The number of rotatable bonds is 5. The molecule has 0 bridgehead atoms. The Bertz CT molecular complexity index is 2770. The third-order valence-electron chi connectivity index (χ3n) is 9.30. The number of fused-ring (bicyclic) bond motifs is 6. The Morgan fingerprint density at radius 3 is 1.68 bits per heavy atom. The molecule has 0 spiro atoms. The van der Waals surface area contributed by atoms with E-state index in [0.717, 1.165) is 55.3 Å². The second-order valence-electron chi connectivity index (χ2n) is 12.3. The Morgan fingerprint density at radius 2 is 1.00 bits per heavy atom. The van der Waals surface area contributed by atoms with Crippen molar-refractivity contribution in [3.63, 3.8) is 0 Å². The summed E-state index contributed by atoms with van der Waals surface area (Å²) in [4.78, 5) is 20.5. The van der Waals surface area contributed by atoms with Crippen molar-refractivity contribution in [3.05, 3.63) is 164 Å². The maximum Gasteiger partial charge on any atom is 0.238 e. The molecule has 0 aliphatic rings. The van der Waals surface area contributed by atoms with E-state index in [0.29, 0.717) is 17.6 Å². The number of pyridine rings is 1. The van der Waals surface area contributed by atoms with E-state index in [4.69, 9.17) is 19.9 Å². The molecule has 0 unspecified atom stereocenters. The molecule has 0 saturated carbocycles. The van der Waals surface area contributed by atoms with Crippen LogP contribution in [0.3, 0.4) is 0 Å². The van der Waals surface area contributed by atoms with Crippen LogP contribution in [0.4, 0.5) is 0 Å². The summed E-state index contributed by atoms with van der Waals surface area (Å²) in [7, 11) is 0. The summed E-state index contributed by atoms with van der Waals surface area (Å²) in [5.41, 5.74) is 9.20. The molecule has 6 heteroatoms. The third kappa shape index (κ3) is 4.77. The van der Waals surface area contributed by atoms with E-state index >= 15 is 0 Å². The molecule has 0 amide bonds. The van der Waals surface area contributed by atoms with Crippen LogP contribution in [0.5, 0.6) is 0 Å². The van der Waals surface area contributed by atoms with Crippen LogP contribution in [0.1, 0.15) is 0 Å². The first-order chi connectivity index (χ1) is 24.8. The van der Waals surface area contributed by atoms with Gasteiger partial charge in [0, 0.05) is 42.9 Å². The lowest BCUT2D eigenvalue weighted by atomic mass is 10.0. The standard InChI is InChI=1S/C44H27N5S/c1-3-12-28(13-4-1)30-16-9-18-32(24-30)42-46-43(33-19-10-17-31(25-33)29-14-5-2-6-15-29)48-44(47-42)49-37-21-11-23-45-41(37)36-26-35-34-20-7-8-22-39(34)50-40(35)27-38(36)49/h1-27H. The van der Waals surface area contributed by atoms with Crippen molar-refractivity contribution < 1.29 is 0 Å². The summed E-state index contributed by atoms with van der Waals surface area (Å²) < 4.78 is 4.63. The molecule has 50 heavy (non-hydrogen) atoms. The molecular formula is C44H27N5S. The van der Waals surface area contributed by atoms with Gasteiger partial charge in [-0.2, -0.15) is 9.97 Å². The van der Waals surface area contributed by atoms with Gasteiger partial charge in [0.15, 0.2) is 11.6 Å². The zero-order valence-corrected chi connectivity index (χ0v) is 27.5. The van der Waals surface area contributed by atoms with Gasteiger partial charge in [-0.25, -0.2) is 4.98 Å². The zero-order valence-electron chi connectivity index (χ0n) is 26.7. The van der Waals surface area contributed by atoms with Crippen molar-refractivity contribution in [1.29, 1.82) is 0 Å². The summed E-state index contributed by atoms with van der Waals surface area (Å²) in [5, 5.41) is 3.56. The molecule has 10 aromatic rings. The highest BCUT2D eigenvalue weighted by Crippen LogP contribution is 2.40. The van der Waals surface area contributed by atoms with Crippen molar-refractivity contribution in [1.82, 2.24) is 24.5 Å². The average molecular weight is 658 g/mol. The minimum absolute atomic E-state index is 0.550. The largest absolute Gasteiger partial charge is 0.276 e. The number of hydrogen-bond acceptors (Lipinski definition) is 5. The minimum atomic E-state index is 0.550. The molecular weight excluding hydrogens is 631 g/mol.